The summed E-state index contributed by atoms with van der Waals surface area (Å²) in [5.41, 5.74) is 3.56. The molecule has 3 nitrogen and oxygen atoms in total. The van der Waals surface area contributed by atoms with Crippen molar-refractivity contribution in [1.82, 2.24) is 9.61 Å². The fourth-order valence-electron chi connectivity index (χ4n) is 1.74. The summed E-state index contributed by atoms with van der Waals surface area (Å²) in [6.45, 7) is 1.96. The van der Waals surface area contributed by atoms with Gasteiger partial charge in [0, 0.05) is 11.1 Å². The highest BCUT2D eigenvalue weighted by Crippen LogP contribution is 2.29. The van der Waals surface area contributed by atoms with E-state index in [1.165, 1.54) is 0 Å². The summed E-state index contributed by atoms with van der Waals surface area (Å²) in [5, 5.41) is 4.95. The molecule has 0 bridgehead atoms. The first-order valence-electron chi connectivity index (χ1n) is 4.94. The van der Waals surface area contributed by atoms with Crippen molar-refractivity contribution in [3.63, 3.8) is 0 Å². The summed E-state index contributed by atoms with van der Waals surface area (Å²) in [5.74, 6) is 0. The number of aromatic nitrogens is 2. The number of fused-ring (bicyclic) bond motifs is 1. The van der Waals surface area contributed by atoms with Crippen molar-refractivity contribution in [3.8, 4) is 11.3 Å². The molecule has 0 atom stereocenters. The number of nitrogens with zero attached hydrogens (tertiary/aromatic N) is 2. The van der Waals surface area contributed by atoms with Gasteiger partial charge in [0.2, 0.25) is 5.71 Å². The van der Waals surface area contributed by atoms with Crippen LogP contribution in [0.3, 0.4) is 0 Å². The molecule has 80 valence electrons. The van der Waals surface area contributed by atoms with E-state index < -0.39 is 0 Å². The Bertz CT molecular complexity index is 654. The molecule has 0 saturated carbocycles. The van der Waals surface area contributed by atoms with E-state index in [0.717, 1.165) is 22.5 Å². The Morgan fingerprint density at radius 2 is 2.12 bits per heavy atom. The minimum Gasteiger partial charge on any atom is -0.444 e. The summed E-state index contributed by atoms with van der Waals surface area (Å²) in [6, 6.07) is 7.64. The number of hydrogen-bond acceptors (Lipinski definition) is 2. The molecule has 0 fully saturated rings. The lowest BCUT2D eigenvalue weighted by Crippen LogP contribution is -1.87. The van der Waals surface area contributed by atoms with E-state index >= 15 is 0 Å². The Balaban J connectivity index is 2.31. The fourth-order valence-corrected chi connectivity index (χ4v) is 1.97. The van der Waals surface area contributed by atoms with Crippen molar-refractivity contribution in [2.75, 3.05) is 0 Å². The molecule has 2 aromatic heterocycles. The molecule has 1 aromatic carbocycles. The zero-order valence-electron chi connectivity index (χ0n) is 8.64. The van der Waals surface area contributed by atoms with Gasteiger partial charge in [-0.2, -0.15) is 9.61 Å². The molecule has 16 heavy (non-hydrogen) atoms. The summed E-state index contributed by atoms with van der Waals surface area (Å²) in [7, 11) is 0. The molecule has 0 aliphatic carbocycles. The van der Waals surface area contributed by atoms with Crippen molar-refractivity contribution in [2.45, 2.75) is 6.92 Å². The van der Waals surface area contributed by atoms with Gasteiger partial charge in [0.1, 0.15) is 12.0 Å². The number of aryl methyl sites for hydroxylation is 1. The van der Waals surface area contributed by atoms with Crippen molar-refractivity contribution in [2.24, 2.45) is 0 Å². The Morgan fingerprint density at radius 3 is 2.94 bits per heavy atom. The lowest BCUT2D eigenvalue weighted by atomic mass is 10.2. The second-order valence-electron chi connectivity index (χ2n) is 3.65. The van der Waals surface area contributed by atoms with Crippen molar-refractivity contribution in [1.29, 1.82) is 0 Å². The highest BCUT2D eigenvalue weighted by molar-refractivity contribution is 6.33. The predicted molar refractivity (Wildman–Crippen MR) is 62.6 cm³/mol. The minimum atomic E-state index is 0.693. The van der Waals surface area contributed by atoms with Gasteiger partial charge in [-0.15, -0.1) is 0 Å². The molecule has 2 heterocycles. The third-order valence-corrected chi connectivity index (χ3v) is 2.89. The van der Waals surface area contributed by atoms with Crippen LogP contribution in [0.5, 0.6) is 0 Å². The number of oxazole rings is 1. The largest absolute Gasteiger partial charge is 0.444 e. The molecule has 0 spiro atoms. The van der Waals surface area contributed by atoms with E-state index in [-0.39, 0.29) is 0 Å². The molecule has 0 amide bonds. The van der Waals surface area contributed by atoms with Crippen molar-refractivity contribution < 1.29 is 4.42 Å². The lowest BCUT2D eigenvalue weighted by molar-refractivity contribution is 0.604. The van der Waals surface area contributed by atoms with E-state index in [1.807, 2.05) is 31.2 Å². The molecule has 0 saturated heterocycles. The average molecular weight is 233 g/mol. The number of rotatable bonds is 1. The van der Waals surface area contributed by atoms with Crippen LogP contribution in [0.25, 0.3) is 17.0 Å². The summed E-state index contributed by atoms with van der Waals surface area (Å²) >= 11 is 6.14. The maximum absolute atomic E-state index is 6.14. The second kappa shape index (κ2) is 3.39. The third kappa shape index (κ3) is 1.25. The van der Waals surface area contributed by atoms with Crippen molar-refractivity contribution >= 4 is 17.3 Å². The zero-order chi connectivity index (χ0) is 11.1. The van der Waals surface area contributed by atoms with Gasteiger partial charge >= 0.3 is 0 Å². The van der Waals surface area contributed by atoms with Gasteiger partial charge in [-0.1, -0.05) is 29.8 Å². The molecule has 3 rings (SSSR count). The molecule has 0 aliphatic heterocycles. The first-order chi connectivity index (χ1) is 7.77. The van der Waals surface area contributed by atoms with Gasteiger partial charge in [0.05, 0.1) is 11.2 Å². The van der Waals surface area contributed by atoms with Gasteiger partial charge in [0.15, 0.2) is 0 Å². The predicted octanol–water partition coefficient (Wildman–Crippen LogP) is 3.56. The number of halogens is 1. The Hall–Kier alpha value is -1.74. The lowest BCUT2D eigenvalue weighted by Gasteiger charge is -1.99. The van der Waals surface area contributed by atoms with Gasteiger partial charge in [-0.25, -0.2) is 0 Å². The molecular weight excluding hydrogens is 224 g/mol. The first-order valence-corrected chi connectivity index (χ1v) is 5.32. The van der Waals surface area contributed by atoms with Gasteiger partial charge < -0.3 is 4.42 Å². The van der Waals surface area contributed by atoms with Crippen LogP contribution in [0, 0.1) is 6.92 Å². The highest BCUT2D eigenvalue weighted by atomic mass is 35.5. The molecular formula is C12H9ClN2O. The van der Waals surface area contributed by atoms with E-state index in [9.17, 15) is 0 Å². The standard InChI is InChI=1S/C12H9ClN2O/c1-8-6-14-15-11(7-16-12(8)15)9-4-2-3-5-10(9)13/h2-7H,1H3. The summed E-state index contributed by atoms with van der Waals surface area (Å²) in [6.07, 6.45) is 3.45. The topological polar surface area (TPSA) is 30.4 Å². The fraction of sp³-hybridized carbons (Fsp3) is 0.0833. The quantitative estimate of drug-likeness (QED) is 0.642. The van der Waals surface area contributed by atoms with Crippen LogP contribution in [0.4, 0.5) is 0 Å². The average Bonchev–Trinajstić information content (AvgIpc) is 2.83. The highest BCUT2D eigenvalue weighted by Gasteiger charge is 2.12. The van der Waals surface area contributed by atoms with Gasteiger partial charge in [-0.05, 0) is 13.0 Å². The Labute approximate surface area is 97.3 Å². The number of benzene rings is 1. The van der Waals surface area contributed by atoms with Crippen LogP contribution >= 0.6 is 11.6 Å². The maximum atomic E-state index is 6.14. The van der Waals surface area contributed by atoms with Crippen LogP contribution in [-0.4, -0.2) is 9.61 Å². The zero-order valence-corrected chi connectivity index (χ0v) is 9.40. The van der Waals surface area contributed by atoms with Crippen LogP contribution in [0.2, 0.25) is 5.02 Å². The second-order valence-corrected chi connectivity index (χ2v) is 4.05. The van der Waals surface area contributed by atoms with Crippen LogP contribution < -0.4 is 0 Å². The van der Waals surface area contributed by atoms with E-state index in [4.69, 9.17) is 16.0 Å². The van der Waals surface area contributed by atoms with Crippen molar-refractivity contribution in [3.05, 3.63) is 47.3 Å². The van der Waals surface area contributed by atoms with Crippen LogP contribution in [0.15, 0.2) is 41.1 Å². The normalized spacial score (nSPS) is 11.1. The molecule has 0 radical (unpaired) electrons. The van der Waals surface area contributed by atoms with Gasteiger partial charge in [0.25, 0.3) is 0 Å². The van der Waals surface area contributed by atoms with E-state index in [2.05, 4.69) is 5.10 Å². The first kappa shape index (κ1) is 9.48. The minimum absolute atomic E-state index is 0.693. The van der Waals surface area contributed by atoms with E-state index in [0.29, 0.717) is 5.02 Å². The van der Waals surface area contributed by atoms with Gasteiger partial charge in [-0.3, -0.25) is 0 Å². The maximum Gasteiger partial charge on any atom is 0.224 e. The summed E-state index contributed by atoms with van der Waals surface area (Å²) < 4.78 is 7.23. The Morgan fingerprint density at radius 1 is 1.31 bits per heavy atom. The van der Waals surface area contributed by atoms with Crippen LogP contribution in [-0.2, 0) is 0 Å². The Kier molecular flexibility index (Phi) is 2.01. The molecule has 0 aliphatic rings. The van der Waals surface area contributed by atoms with Crippen LogP contribution in [0.1, 0.15) is 5.56 Å². The molecule has 0 unspecified atom stereocenters. The smallest absolute Gasteiger partial charge is 0.224 e. The summed E-state index contributed by atoms with van der Waals surface area (Å²) in [4.78, 5) is 0. The molecule has 3 aromatic rings. The third-order valence-electron chi connectivity index (χ3n) is 2.56. The number of hydrogen-bond donors (Lipinski definition) is 0. The monoisotopic (exact) mass is 232 g/mol. The molecule has 0 N–H and O–H groups in total. The van der Waals surface area contributed by atoms with E-state index in [1.54, 1.807) is 17.0 Å². The molecule has 4 heteroatoms. The SMILES string of the molecule is Cc1cnn2c(-c3ccccc3Cl)coc12.